The lowest BCUT2D eigenvalue weighted by Crippen LogP contribution is -2.33. The molecule has 0 aliphatic heterocycles. The van der Waals surface area contributed by atoms with Crippen LogP contribution in [0.25, 0.3) is 0 Å². The molecular formula is C11H23Cl. The zero-order valence-corrected chi connectivity index (χ0v) is 9.96. The van der Waals surface area contributed by atoms with Gasteiger partial charge in [0.25, 0.3) is 0 Å². The van der Waals surface area contributed by atoms with E-state index in [0.29, 0.717) is 0 Å². The van der Waals surface area contributed by atoms with Crippen molar-refractivity contribution in [3.63, 3.8) is 0 Å². The molecule has 0 aromatic heterocycles. The van der Waals surface area contributed by atoms with Gasteiger partial charge in [-0.05, 0) is 25.7 Å². The van der Waals surface area contributed by atoms with Gasteiger partial charge in [0.05, 0.1) is 0 Å². The summed E-state index contributed by atoms with van der Waals surface area (Å²) in [4.78, 5) is -0.0826. The van der Waals surface area contributed by atoms with Gasteiger partial charge in [-0.1, -0.05) is 40.0 Å². The lowest BCUT2D eigenvalue weighted by Gasteiger charge is -2.36. The topological polar surface area (TPSA) is 0 Å². The van der Waals surface area contributed by atoms with Crippen LogP contribution in [0.5, 0.6) is 0 Å². The summed E-state index contributed by atoms with van der Waals surface area (Å²) in [5, 5.41) is 0. The Hall–Kier alpha value is 0.290. The van der Waals surface area contributed by atoms with Gasteiger partial charge in [0, 0.05) is 4.87 Å². The van der Waals surface area contributed by atoms with Crippen molar-refractivity contribution >= 4 is 11.6 Å². The van der Waals surface area contributed by atoms with E-state index in [-0.39, 0.29) is 10.3 Å². The fraction of sp³-hybridized carbons (Fsp3) is 1.00. The predicted molar refractivity (Wildman–Crippen MR) is 57.9 cm³/mol. The third kappa shape index (κ3) is 3.80. The van der Waals surface area contributed by atoms with Gasteiger partial charge in [0.2, 0.25) is 0 Å². The number of hydrogen-bond donors (Lipinski definition) is 0. The largest absolute Gasteiger partial charge is 0.119 e. The monoisotopic (exact) mass is 190 g/mol. The van der Waals surface area contributed by atoms with Crippen molar-refractivity contribution < 1.29 is 0 Å². The highest BCUT2D eigenvalue weighted by Gasteiger charge is 2.34. The van der Waals surface area contributed by atoms with Gasteiger partial charge in [-0.2, -0.15) is 0 Å². The van der Waals surface area contributed by atoms with Crippen LogP contribution in [0.15, 0.2) is 0 Å². The molecular weight excluding hydrogens is 168 g/mol. The normalized spacial score (nSPS) is 13.5. The summed E-state index contributed by atoms with van der Waals surface area (Å²) in [5.41, 5.74) is 0.254. The lowest BCUT2D eigenvalue weighted by molar-refractivity contribution is 0.245. The Labute approximate surface area is 82.7 Å². The van der Waals surface area contributed by atoms with Crippen molar-refractivity contribution in [3.8, 4) is 0 Å². The molecule has 0 aliphatic rings. The third-order valence-corrected chi connectivity index (χ3v) is 3.53. The zero-order chi connectivity index (χ0) is 9.83. The molecule has 0 atom stereocenters. The molecule has 0 radical (unpaired) electrons. The maximum Gasteiger partial charge on any atom is 0.0441 e. The number of rotatable bonds is 5. The number of hydrogen-bond acceptors (Lipinski definition) is 0. The quantitative estimate of drug-likeness (QED) is 0.439. The Kier molecular flexibility index (Phi) is 4.61. The first-order valence-electron chi connectivity index (χ1n) is 5.00. The first kappa shape index (κ1) is 12.3. The van der Waals surface area contributed by atoms with Crippen molar-refractivity contribution in [2.45, 2.75) is 65.2 Å². The van der Waals surface area contributed by atoms with Crippen LogP contribution in [0.3, 0.4) is 0 Å². The molecule has 0 spiro atoms. The lowest BCUT2D eigenvalue weighted by atomic mass is 9.76. The van der Waals surface area contributed by atoms with Crippen molar-refractivity contribution in [2.24, 2.45) is 5.41 Å². The van der Waals surface area contributed by atoms with Gasteiger partial charge in [-0.3, -0.25) is 0 Å². The molecule has 12 heavy (non-hydrogen) atoms. The summed E-state index contributed by atoms with van der Waals surface area (Å²) in [6.07, 6.45) is 5.16. The second-order valence-electron chi connectivity index (χ2n) is 4.81. The van der Waals surface area contributed by atoms with Crippen LogP contribution in [0.1, 0.15) is 60.3 Å². The van der Waals surface area contributed by atoms with Gasteiger partial charge >= 0.3 is 0 Å². The van der Waals surface area contributed by atoms with Crippen molar-refractivity contribution in [2.75, 3.05) is 0 Å². The molecule has 0 nitrogen and oxygen atoms in total. The van der Waals surface area contributed by atoms with E-state index in [1.54, 1.807) is 0 Å². The maximum absolute atomic E-state index is 6.30. The van der Waals surface area contributed by atoms with E-state index in [1.165, 1.54) is 25.7 Å². The molecule has 1 heteroatoms. The van der Waals surface area contributed by atoms with Gasteiger partial charge in [-0.25, -0.2) is 0 Å². The highest BCUT2D eigenvalue weighted by Crippen LogP contribution is 2.40. The summed E-state index contributed by atoms with van der Waals surface area (Å²) in [5.74, 6) is 0. The average molecular weight is 191 g/mol. The highest BCUT2D eigenvalue weighted by atomic mass is 35.5. The first-order valence-corrected chi connectivity index (χ1v) is 5.38. The van der Waals surface area contributed by atoms with E-state index < -0.39 is 0 Å². The molecule has 0 saturated carbocycles. The standard InChI is InChI=1S/C11H23Cl/c1-6-7-8-9-10(2,3)11(4,5)12/h6-9H2,1-5H3. The Morgan fingerprint density at radius 1 is 1.00 bits per heavy atom. The molecule has 0 fully saturated rings. The molecule has 0 saturated heterocycles. The van der Waals surface area contributed by atoms with E-state index in [9.17, 15) is 0 Å². The molecule has 0 aliphatic carbocycles. The van der Waals surface area contributed by atoms with E-state index >= 15 is 0 Å². The van der Waals surface area contributed by atoms with E-state index in [4.69, 9.17) is 11.6 Å². The molecule has 0 heterocycles. The SMILES string of the molecule is CCCCCC(C)(C)C(C)(C)Cl. The Morgan fingerprint density at radius 3 is 1.83 bits per heavy atom. The van der Waals surface area contributed by atoms with Crippen molar-refractivity contribution in [1.82, 2.24) is 0 Å². The third-order valence-electron chi connectivity index (χ3n) is 3.01. The van der Waals surface area contributed by atoms with Crippen molar-refractivity contribution in [3.05, 3.63) is 0 Å². The van der Waals surface area contributed by atoms with E-state index in [0.717, 1.165) is 0 Å². The molecule has 0 amide bonds. The second kappa shape index (κ2) is 4.50. The molecule has 0 bridgehead atoms. The molecule has 74 valence electrons. The smallest absolute Gasteiger partial charge is 0.0441 e. The Bertz CT molecular complexity index is 119. The Morgan fingerprint density at radius 2 is 1.50 bits per heavy atom. The van der Waals surface area contributed by atoms with Gasteiger partial charge in [0.1, 0.15) is 0 Å². The molecule has 0 N–H and O–H groups in total. The van der Waals surface area contributed by atoms with Crippen LogP contribution in [0.4, 0.5) is 0 Å². The van der Waals surface area contributed by atoms with Gasteiger partial charge in [-0.15, -0.1) is 11.6 Å². The highest BCUT2D eigenvalue weighted by molar-refractivity contribution is 6.23. The first-order chi connectivity index (χ1) is 5.31. The van der Waals surface area contributed by atoms with Crippen LogP contribution in [-0.4, -0.2) is 4.87 Å². The van der Waals surface area contributed by atoms with E-state index in [1.807, 2.05) is 0 Å². The minimum absolute atomic E-state index is 0.0826. The number of unbranched alkanes of at least 4 members (excludes halogenated alkanes) is 2. The summed E-state index contributed by atoms with van der Waals surface area (Å²) in [7, 11) is 0. The maximum atomic E-state index is 6.30. The van der Waals surface area contributed by atoms with Gasteiger partial charge < -0.3 is 0 Å². The summed E-state index contributed by atoms with van der Waals surface area (Å²) >= 11 is 6.30. The second-order valence-corrected chi connectivity index (χ2v) is 5.76. The molecule has 0 aromatic rings. The van der Waals surface area contributed by atoms with E-state index in [2.05, 4.69) is 34.6 Å². The van der Waals surface area contributed by atoms with Crippen LogP contribution < -0.4 is 0 Å². The van der Waals surface area contributed by atoms with Crippen molar-refractivity contribution in [1.29, 1.82) is 0 Å². The predicted octanol–water partition coefficient (Wildman–Crippen LogP) is 4.61. The fourth-order valence-electron chi connectivity index (χ4n) is 1.11. The minimum Gasteiger partial charge on any atom is -0.119 e. The number of halogens is 1. The zero-order valence-electron chi connectivity index (χ0n) is 9.21. The summed E-state index contributed by atoms with van der Waals surface area (Å²) in [6.45, 7) is 11.0. The fourth-order valence-corrected chi connectivity index (χ4v) is 1.21. The van der Waals surface area contributed by atoms with Crippen LogP contribution in [0, 0.1) is 5.41 Å². The Balaban J connectivity index is 3.88. The van der Waals surface area contributed by atoms with Crippen LogP contribution in [0.2, 0.25) is 0 Å². The molecule has 0 aromatic carbocycles. The average Bonchev–Trinajstić information content (AvgIpc) is 1.85. The summed E-state index contributed by atoms with van der Waals surface area (Å²) in [6, 6.07) is 0. The van der Waals surface area contributed by atoms with Crippen LogP contribution in [-0.2, 0) is 0 Å². The van der Waals surface area contributed by atoms with Crippen LogP contribution >= 0.6 is 11.6 Å². The molecule has 0 rings (SSSR count). The summed E-state index contributed by atoms with van der Waals surface area (Å²) < 4.78 is 0. The molecule has 0 unspecified atom stereocenters. The number of alkyl halides is 1. The van der Waals surface area contributed by atoms with Gasteiger partial charge in [0.15, 0.2) is 0 Å². The minimum atomic E-state index is -0.0826.